The Morgan fingerprint density at radius 3 is 2.24 bits per heavy atom. The Morgan fingerprint density at radius 2 is 1.72 bits per heavy atom. The van der Waals surface area contributed by atoms with Gasteiger partial charge in [-0.25, -0.2) is 8.42 Å². The number of nitrogens with zero attached hydrogens (tertiary/aromatic N) is 1. The molecule has 1 heterocycles. The van der Waals surface area contributed by atoms with Crippen molar-refractivity contribution in [3.05, 3.63) is 35.9 Å². The summed E-state index contributed by atoms with van der Waals surface area (Å²) in [6.45, 7) is 2.42. The zero-order valence-electron chi connectivity index (χ0n) is 16.1. The molecule has 0 radical (unpaired) electrons. The summed E-state index contributed by atoms with van der Waals surface area (Å²) in [5.74, 6) is 0.383. The number of carbonyl (C=O) groups is 1. The number of ether oxygens (including phenoxy) is 1. The van der Waals surface area contributed by atoms with Crippen LogP contribution in [0.2, 0.25) is 0 Å². The highest BCUT2D eigenvalue weighted by Crippen LogP contribution is 2.34. The molecule has 1 aliphatic heterocycles. The fourth-order valence-corrected chi connectivity index (χ4v) is 4.91. The van der Waals surface area contributed by atoms with Gasteiger partial charge in [0.2, 0.25) is 10.0 Å². The number of piperidine rings is 1. The van der Waals surface area contributed by atoms with Crippen molar-refractivity contribution in [1.29, 1.82) is 0 Å². The number of carbonyl (C=O) groups excluding carboxylic acids is 1. The third-order valence-corrected chi connectivity index (χ3v) is 7.20. The zero-order chi connectivity index (χ0) is 21.2. The summed E-state index contributed by atoms with van der Waals surface area (Å²) in [4.78, 5) is 12.1. The Kier molecular flexibility index (Phi) is 6.38. The molecule has 0 N–H and O–H groups in total. The van der Waals surface area contributed by atoms with Crippen LogP contribution in [-0.4, -0.2) is 38.0 Å². The molecule has 0 bridgehead atoms. The molecule has 2 aliphatic rings. The van der Waals surface area contributed by atoms with Crippen LogP contribution in [0.4, 0.5) is 13.2 Å². The maximum Gasteiger partial charge on any atom is 0.573 e. The molecule has 9 heteroatoms. The highest BCUT2D eigenvalue weighted by molar-refractivity contribution is 7.89. The van der Waals surface area contributed by atoms with E-state index in [2.05, 4.69) is 4.74 Å². The minimum absolute atomic E-state index is 0.0724. The maximum atomic E-state index is 12.7. The van der Waals surface area contributed by atoms with Gasteiger partial charge < -0.3 is 4.74 Å². The quantitative estimate of drug-likeness (QED) is 0.604. The SMILES string of the molecule is C/C(=C\C1CCN(S(=O)(=O)c2ccc(OC(F)(F)F)cc2)CC1)C(=O)CC1CC1. The van der Waals surface area contributed by atoms with Crippen LogP contribution in [0.5, 0.6) is 5.75 Å². The van der Waals surface area contributed by atoms with Gasteiger partial charge in [0.1, 0.15) is 5.75 Å². The molecule has 0 aromatic heterocycles. The molecule has 5 nitrogen and oxygen atoms in total. The first-order valence-electron chi connectivity index (χ1n) is 9.62. The van der Waals surface area contributed by atoms with Crippen molar-refractivity contribution in [2.24, 2.45) is 11.8 Å². The highest BCUT2D eigenvalue weighted by Gasteiger charge is 2.32. The molecule has 0 spiro atoms. The summed E-state index contributed by atoms with van der Waals surface area (Å²) >= 11 is 0. The van der Waals surface area contributed by atoms with Crippen molar-refractivity contribution in [3.8, 4) is 5.75 Å². The Bertz CT molecular complexity index is 866. The number of ketones is 1. The van der Waals surface area contributed by atoms with Gasteiger partial charge in [0.05, 0.1) is 4.90 Å². The predicted molar refractivity (Wildman–Crippen MR) is 101 cm³/mol. The largest absolute Gasteiger partial charge is 0.573 e. The number of alkyl halides is 3. The lowest BCUT2D eigenvalue weighted by molar-refractivity contribution is -0.274. The van der Waals surface area contributed by atoms with E-state index in [4.69, 9.17) is 0 Å². The van der Waals surface area contributed by atoms with E-state index in [0.29, 0.717) is 38.3 Å². The molecule has 3 rings (SSSR count). The monoisotopic (exact) mass is 431 g/mol. The molecule has 0 unspecified atom stereocenters. The van der Waals surface area contributed by atoms with Crippen molar-refractivity contribution in [2.45, 2.75) is 50.3 Å². The van der Waals surface area contributed by atoms with Crippen molar-refractivity contribution in [2.75, 3.05) is 13.1 Å². The van der Waals surface area contributed by atoms with E-state index in [1.807, 2.05) is 13.0 Å². The second kappa shape index (κ2) is 8.47. The molecule has 1 aromatic rings. The lowest BCUT2D eigenvalue weighted by Crippen LogP contribution is -2.38. The molecule has 1 aliphatic carbocycles. The van der Waals surface area contributed by atoms with Gasteiger partial charge in [0.15, 0.2) is 5.78 Å². The first kappa shape index (κ1) is 21.8. The average Bonchev–Trinajstić information content (AvgIpc) is 3.45. The number of rotatable bonds is 7. The second-order valence-corrected chi connectivity index (χ2v) is 9.62. The summed E-state index contributed by atoms with van der Waals surface area (Å²) in [6.07, 6.45) is 1.18. The Hall–Kier alpha value is -1.87. The number of allylic oxidation sites excluding steroid dienone is 2. The van der Waals surface area contributed by atoms with E-state index in [-0.39, 0.29) is 16.6 Å². The molecule has 160 valence electrons. The summed E-state index contributed by atoms with van der Waals surface area (Å²) < 4.78 is 67.3. The Balaban J connectivity index is 1.58. The number of hydrogen-bond acceptors (Lipinski definition) is 4. The van der Waals surface area contributed by atoms with E-state index in [0.717, 1.165) is 42.7 Å². The molecule has 29 heavy (non-hydrogen) atoms. The van der Waals surface area contributed by atoms with Gasteiger partial charge >= 0.3 is 6.36 Å². The van der Waals surface area contributed by atoms with Gasteiger partial charge in [-0.05, 0) is 74.3 Å². The lowest BCUT2D eigenvalue weighted by atomic mass is 9.94. The fourth-order valence-electron chi connectivity index (χ4n) is 3.44. The van der Waals surface area contributed by atoms with E-state index < -0.39 is 22.1 Å². The minimum Gasteiger partial charge on any atom is -0.406 e. The fraction of sp³-hybridized carbons (Fsp3) is 0.550. The van der Waals surface area contributed by atoms with Crippen LogP contribution < -0.4 is 4.74 Å². The highest BCUT2D eigenvalue weighted by atomic mass is 32.2. The minimum atomic E-state index is -4.83. The smallest absolute Gasteiger partial charge is 0.406 e. The van der Waals surface area contributed by atoms with E-state index in [1.54, 1.807) is 0 Å². The number of benzene rings is 1. The normalized spacial score (nSPS) is 19.9. The van der Waals surface area contributed by atoms with E-state index >= 15 is 0 Å². The molecule has 1 aromatic carbocycles. The summed E-state index contributed by atoms with van der Waals surface area (Å²) in [5.41, 5.74) is 0.749. The number of halogens is 3. The summed E-state index contributed by atoms with van der Waals surface area (Å²) in [6, 6.07) is 4.21. The van der Waals surface area contributed by atoms with Gasteiger partial charge in [-0.3, -0.25) is 4.79 Å². The maximum absolute atomic E-state index is 12.7. The van der Waals surface area contributed by atoms with Crippen molar-refractivity contribution >= 4 is 15.8 Å². The predicted octanol–water partition coefficient (Wildman–Crippen LogP) is 4.30. The summed E-state index contributed by atoms with van der Waals surface area (Å²) in [5, 5.41) is 0. The summed E-state index contributed by atoms with van der Waals surface area (Å²) in [7, 11) is -3.79. The number of Topliss-reactive ketones (excluding diaryl/α,β-unsaturated/α-hetero) is 1. The van der Waals surface area contributed by atoms with Crippen molar-refractivity contribution in [3.63, 3.8) is 0 Å². The van der Waals surface area contributed by atoms with Gasteiger partial charge in [0, 0.05) is 19.5 Å². The Morgan fingerprint density at radius 1 is 1.14 bits per heavy atom. The topological polar surface area (TPSA) is 63.7 Å². The van der Waals surface area contributed by atoms with Crippen molar-refractivity contribution < 1.29 is 31.1 Å². The first-order valence-corrected chi connectivity index (χ1v) is 11.1. The zero-order valence-corrected chi connectivity index (χ0v) is 16.9. The second-order valence-electron chi connectivity index (χ2n) is 7.68. The molecule has 1 saturated heterocycles. The van der Waals surface area contributed by atoms with Crippen LogP contribution >= 0.6 is 0 Å². The van der Waals surface area contributed by atoms with Gasteiger partial charge in [-0.2, -0.15) is 4.31 Å². The lowest BCUT2D eigenvalue weighted by Gasteiger charge is -2.30. The van der Waals surface area contributed by atoms with Crippen LogP contribution in [0.1, 0.15) is 39.0 Å². The van der Waals surface area contributed by atoms with Crippen LogP contribution in [0.3, 0.4) is 0 Å². The van der Waals surface area contributed by atoms with E-state index in [9.17, 15) is 26.4 Å². The molecule has 0 atom stereocenters. The molecular weight excluding hydrogens is 407 g/mol. The van der Waals surface area contributed by atoms with Gasteiger partial charge in [-0.15, -0.1) is 13.2 Å². The van der Waals surface area contributed by atoms with E-state index in [1.165, 1.54) is 4.31 Å². The number of hydrogen-bond donors (Lipinski definition) is 0. The third kappa shape index (κ3) is 6.05. The average molecular weight is 431 g/mol. The Labute approximate surface area is 168 Å². The van der Waals surface area contributed by atoms with Crippen LogP contribution in [0.25, 0.3) is 0 Å². The van der Waals surface area contributed by atoms with Crippen molar-refractivity contribution in [1.82, 2.24) is 4.31 Å². The van der Waals surface area contributed by atoms with Gasteiger partial charge in [0.25, 0.3) is 0 Å². The van der Waals surface area contributed by atoms with Crippen LogP contribution in [-0.2, 0) is 14.8 Å². The molecule has 1 saturated carbocycles. The number of sulfonamides is 1. The standard InChI is InChI=1S/C20H24F3NO4S/c1-14(19(25)13-15-2-3-15)12-16-8-10-24(11-9-16)29(26,27)18-6-4-17(5-7-18)28-20(21,22)23/h4-7,12,15-16H,2-3,8-11,13H2,1H3/b14-12+. The van der Waals surface area contributed by atoms with Crippen LogP contribution in [0, 0.1) is 11.8 Å². The third-order valence-electron chi connectivity index (χ3n) is 5.29. The van der Waals surface area contributed by atoms with Crippen LogP contribution in [0.15, 0.2) is 40.8 Å². The van der Waals surface area contributed by atoms with Gasteiger partial charge in [-0.1, -0.05) is 6.08 Å². The molecular formula is C20H24F3NO4S. The first-order chi connectivity index (χ1) is 13.5. The molecule has 2 fully saturated rings. The molecule has 0 amide bonds.